The molecule has 2 N–H and O–H groups in total. The first-order chi connectivity index (χ1) is 9.20. The molecule has 0 spiro atoms. The number of nitrogens with one attached hydrogen (secondary N) is 2. The number of nitriles is 1. The van der Waals surface area contributed by atoms with Crippen LogP contribution >= 0.6 is 0 Å². The molecule has 100 valence electrons. The van der Waals surface area contributed by atoms with E-state index in [-0.39, 0.29) is 11.9 Å². The third-order valence-corrected chi connectivity index (χ3v) is 3.51. The molecule has 0 heterocycles. The van der Waals surface area contributed by atoms with Gasteiger partial charge in [0.1, 0.15) is 12.1 Å². The van der Waals surface area contributed by atoms with Crippen molar-refractivity contribution in [1.82, 2.24) is 5.32 Å². The van der Waals surface area contributed by atoms with Gasteiger partial charge in [0, 0.05) is 6.04 Å². The van der Waals surface area contributed by atoms with Gasteiger partial charge in [-0.25, -0.2) is 0 Å². The van der Waals surface area contributed by atoms with E-state index in [0.29, 0.717) is 17.3 Å². The molecular weight excluding hydrogens is 238 g/mol. The van der Waals surface area contributed by atoms with Crippen LogP contribution < -0.4 is 10.6 Å². The van der Waals surface area contributed by atoms with E-state index in [2.05, 4.69) is 16.7 Å². The van der Waals surface area contributed by atoms with Gasteiger partial charge in [-0.15, -0.1) is 0 Å². The van der Waals surface area contributed by atoms with E-state index in [0.717, 1.165) is 12.8 Å². The first-order valence-electron chi connectivity index (χ1n) is 6.76. The first kappa shape index (κ1) is 13.4. The van der Waals surface area contributed by atoms with Gasteiger partial charge in [-0.1, -0.05) is 25.0 Å². The lowest BCUT2D eigenvalue weighted by Gasteiger charge is -2.19. The molecule has 0 bridgehead atoms. The van der Waals surface area contributed by atoms with Crippen LogP contribution in [0.2, 0.25) is 0 Å². The fourth-order valence-corrected chi connectivity index (χ4v) is 2.40. The number of benzene rings is 1. The molecule has 1 aliphatic carbocycles. The molecule has 1 aliphatic rings. The molecule has 0 saturated heterocycles. The maximum atomic E-state index is 12.0. The molecule has 1 saturated carbocycles. The second-order valence-electron chi connectivity index (χ2n) is 5.01. The van der Waals surface area contributed by atoms with Gasteiger partial charge < -0.3 is 10.6 Å². The fraction of sp³-hybridized carbons (Fsp3) is 0.467. The molecule has 1 aromatic rings. The van der Waals surface area contributed by atoms with E-state index in [1.165, 1.54) is 12.8 Å². The molecule has 1 fully saturated rings. The summed E-state index contributed by atoms with van der Waals surface area (Å²) >= 11 is 0. The second-order valence-corrected chi connectivity index (χ2v) is 5.01. The molecule has 1 aromatic carbocycles. The Balaban J connectivity index is 1.94. The van der Waals surface area contributed by atoms with Gasteiger partial charge >= 0.3 is 0 Å². The zero-order valence-electron chi connectivity index (χ0n) is 11.1. The lowest BCUT2D eigenvalue weighted by molar-refractivity contribution is -0.122. The molecule has 4 nitrogen and oxygen atoms in total. The monoisotopic (exact) mass is 257 g/mol. The van der Waals surface area contributed by atoms with E-state index in [9.17, 15) is 4.79 Å². The second kappa shape index (κ2) is 6.24. The highest BCUT2D eigenvalue weighted by Gasteiger charge is 2.20. The molecule has 0 aliphatic heterocycles. The van der Waals surface area contributed by atoms with Crippen molar-refractivity contribution in [3.05, 3.63) is 29.8 Å². The van der Waals surface area contributed by atoms with E-state index in [1.807, 2.05) is 25.1 Å². The smallest absolute Gasteiger partial charge is 0.242 e. The van der Waals surface area contributed by atoms with E-state index < -0.39 is 0 Å². The van der Waals surface area contributed by atoms with Crippen molar-refractivity contribution < 1.29 is 4.79 Å². The number of rotatable bonds is 4. The van der Waals surface area contributed by atoms with Gasteiger partial charge in [0.2, 0.25) is 5.91 Å². The van der Waals surface area contributed by atoms with Crippen LogP contribution in [-0.4, -0.2) is 18.0 Å². The van der Waals surface area contributed by atoms with Gasteiger partial charge in [-0.2, -0.15) is 5.26 Å². The summed E-state index contributed by atoms with van der Waals surface area (Å²) in [5.74, 6) is -0.000331. The van der Waals surface area contributed by atoms with Crippen molar-refractivity contribution in [3.63, 3.8) is 0 Å². The molecule has 1 unspecified atom stereocenters. The summed E-state index contributed by atoms with van der Waals surface area (Å²) in [7, 11) is 0. The molecule has 19 heavy (non-hydrogen) atoms. The summed E-state index contributed by atoms with van der Waals surface area (Å²) in [6, 6.07) is 9.32. The Bertz CT molecular complexity index is 486. The highest BCUT2D eigenvalue weighted by atomic mass is 16.2. The third-order valence-electron chi connectivity index (χ3n) is 3.51. The summed E-state index contributed by atoms with van der Waals surface area (Å²) in [6.07, 6.45) is 4.55. The van der Waals surface area contributed by atoms with Gasteiger partial charge in [-0.3, -0.25) is 4.79 Å². The van der Waals surface area contributed by atoms with E-state index >= 15 is 0 Å². The minimum absolute atomic E-state index is 0.000331. The Kier molecular flexibility index (Phi) is 4.40. The van der Waals surface area contributed by atoms with Crippen LogP contribution in [0.25, 0.3) is 0 Å². The average molecular weight is 257 g/mol. The van der Waals surface area contributed by atoms with Crippen LogP contribution in [0.15, 0.2) is 24.3 Å². The van der Waals surface area contributed by atoms with Crippen LogP contribution in [0.4, 0.5) is 5.69 Å². The minimum Gasteiger partial charge on any atom is -0.373 e. The lowest BCUT2D eigenvalue weighted by Crippen LogP contribution is -2.42. The van der Waals surface area contributed by atoms with Crippen LogP contribution in [0.3, 0.4) is 0 Å². The van der Waals surface area contributed by atoms with Crippen molar-refractivity contribution >= 4 is 11.6 Å². The summed E-state index contributed by atoms with van der Waals surface area (Å²) in [4.78, 5) is 12.0. The highest BCUT2D eigenvalue weighted by molar-refractivity contribution is 5.84. The summed E-state index contributed by atoms with van der Waals surface area (Å²) < 4.78 is 0. The fourth-order valence-electron chi connectivity index (χ4n) is 2.40. The zero-order valence-corrected chi connectivity index (χ0v) is 11.1. The molecule has 4 heteroatoms. The Labute approximate surface area is 113 Å². The van der Waals surface area contributed by atoms with Crippen molar-refractivity contribution in [2.75, 3.05) is 5.32 Å². The predicted molar refractivity (Wildman–Crippen MR) is 74.6 cm³/mol. The minimum atomic E-state index is -0.338. The normalized spacial score (nSPS) is 16.6. The Hall–Kier alpha value is -2.02. The maximum Gasteiger partial charge on any atom is 0.242 e. The Morgan fingerprint density at radius 3 is 2.74 bits per heavy atom. The molecule has 1 atom stereocenters. The maximum absolute atomic E-state index is 12.0. The van der Waals surface area contributed by atoms with Crippen molar-refractivity contribution in [1.29, 1.82) is 5.26 Å². The number of para-hydroxylation sites is 1. The first-order valence-corrected chi connectivity index (χ1v) is 6.76. The molecule has 2 rings (SSSR count). The Morgan fingerprint density at radius 1 is 1.37 bits per heavy atom. The van der Waals surface area contributed by atoms with Crippen LogP contribution in [-0.2, 0) is 4.79 Å². The highest BCUT2D eigenvalue weighted by Crippen LogP contribution is 2.18. The average Bonchev–Trinajstić information content (AvgIpc) is 2.92. The van der Waals surface area contributed by atoms with Crippen molar-refractivity contribution in [3.8, 4) is 6.07 Å². The molecule has 0 aromatic heterocycles. The third kappa shape index (κ3) is 3.47. The predicted octanol–water partition coefficient (Wildman–Crippen LogP) is 2.42. The Morgan fingerprint density at radius 2 is 2.05 bits per heavy atom. The van der Waals surface area contributed by atoms with E-state index in [4.69, 9.17) is 5.26 Å². The van der Waals surface area contributed by atoms with Crippen molar-refractivity contribution in [2.24, 2.45) is 0 Å². The van der Waals surface area contributed by atoms with E-state index in [1.54, 1.807) is 6.07 Å². The molecule has 0 radical (unpaired) electrons. The van der Waals surface area contributed by atoms with Crippen LogP contribution in [0.5, 0.6) is 0 Å². The number of anilines is 1. The number of nitrogens with zero attached hydrogens (tertiary/aromatic N) is 1. The van der Waals surface area contributed by atoms with Crippen LogP contribution in [0.1, 0.15) is 38.2 Å². The largest absolute Gasteiger partial charge is 0.373 e. The molecule has 1 amide bonds. The summed E-state index contributed by atoms with van der Waals surface area (Å²) in [5.41, 5.74) is 1.27. The lowest BCUT2D eigenvalue weighted by atomic mass is 10.1. The van der Waals surface area contributed by atoms with Gasteiger partial charge in [-0.05, 0) is 31.9 Å². The number of carbonyl (C=O) groups is 1. The number of hydrogen-bond donors (Lipinski definition) is 2. The van der Waals surface area contributed by atoms with Gasteiger partial charge in [0.15, 0.2) is 0 Å². The number of carbonyl (C=O) groups excluding carboxylic acids is 1. The van der Waals surface area contributed by atoms with Crippen LogP contribution in [0, 0.1) is 11.3 Å². The van der Waals surface area contributed by atoms with Gasteiger partial charge in [0.05, 0.1) is 11.3 Å². The molecular formula is C15H19N3O. The van der Waals surface area contributed by atoms with Gasteiger partial charge in [0.25, 0.3) is 0 Å². The summed E-state index contributed by atoms with van der Waals surface area (Å²) in [5, 5.41) is 15.2. The zero-order chi connectivity index (χ0) is 13.7. The number of hydrogen-bond acceptors (Lipinski definition) is 3. The topological polar surface area (TPSA) is 64.9 Å². The van der Waals surface area contributed by atoms with Crippen molar-refractivity contribution in [2.45, 2.75) is 44.7 Å². The summed E-state index contributed by atoms with van der Waals surface area (Å²) in [6.45, 7) is 1.82. The number of amides is 1. The standard InChI is InChI=1S/C15H19N3O/c1-11(15(19)18-13-7-3-4-8-13)17-14-9-5-2-6-12(14)10-16/h2,5-6,9,11,13,17H,3-4,7-8H2,1H3,(H,18,19). The SMILES string of the molecule is CC(Nc1ccccc1C#N)C(=O)NC1CCCC1. The quantitative estimate of drug-likeness (QED) is 0.870.